The minimum absolute atomic E-state index is 0.357. The van der Waals surface area contributed by atoms with Crippen LogP contribution in [-0.4, -0.2) is 52.9 Å². The van der Waals surface area contributed by atoms with E-state index >= 15 is 0 Å². The van der Waals surface area contributed by atoms with E-state index in [4.69, 9.17) is 0 Å². The largest absolute Gasteiger partial charge is 0.342 e. The van der Waals surface area contributed by atoms with E-state index in [-0.39, 0.29) is 0 Å². The molecule has 3 heterocycles. The predicted octanol–water partition coefficient (Wildman–Crippen LogP) is 4.05. The van der Waals surface area contributed by atoms with E-state index in [0.29, 0.717) is 11.3 Å². The zero-order valence-corrected chi connectivity index (χ0v) is 16.7. The van der Waals surface area contributed by atoms with E-state index in [1.807, 2.05) is 18.5 Å². The third kappa shape index (κ3) is 4.71. The van der Waals surface area contributed by atoms with Crippen LogP contribution in [0, 0.1) is 5.41 Å². The lowest BCUT2D eigenvalue weighted by atomic mass is 9.72. The summed E-state index contributed by atoms with van der Waals surface area (Å²) in [5.74, 6) is 0.357. The number of hydrogen-bond acceptors (Lipinski definition) is 3. The Morgan fingerprint density at radius 3 is 2.56 bits per heavy atom. The SMILES string of the molecule is O=C1CCC2(CCN(C3CCCCCC3)CC2)CN1CCc1cccnc1. The Kier molecular flexibility index (Phi) is 6.11. The number of rotatable bonds is 4. The number of amides is 1. The maximum absolute atomic E-state index is 12.5. The van der Waals surface area contributed by atoms with Crippen LogP contribution in [0.1, 0.15) is 69.8 Å². The molecule has 0 bridgehead atoms. The molecule has 0 N–H and O–H groups in total. The molecule has 1 aromatic heterocycles. The van der Waals surface area contributed by atoms with Crippen molar-refractivity contribution in [3.05, 3.63) is 30.1 Å². The van der Waals surface area contributed by atoms with Crippen molar-refractivity contribution in [2.45, 2.75) is 76.7 Å². The smallest absolute Gasteiger partial charge is 0.222 e. The molecule has 1 aliphatic carbocycles. The molecule has 4 rings (SSSR count). The van der Waals surface area contributed by atoms with Crippen molar-refractivity contribution in [2.24, 2.45) is 5.41 Å². The van der Waals surface area contributed by atoms with Gasteiger partial charge in [0.15, 0.2) is 0 Å². The minimum Gasteiger partial charge on any atom is -0.342 e. The average Bonchev–Trinajstić information content (AvgIpc) is 3.00. The summed E-state index contributed by atoms with van der Waals surface area (Å²) >= 11 is 0. The van der Waals surface area contributed by atoms with Gasteiger partial charge in [-0.1, -0.05) is 31.7 Å². The topological polar surface area (TPSA) is 36.4 Å². The summed E-state index contributed by atoms with van der Waals surface area (Å²) in [5.41, 5.74) is 1.61. The van der Waals surface area contributed by atoms with Gasteiger partial charge < -0.3 is 9.80 Å². The summed E-state index contributed by atoms with van der Waals surface area (Å²) in [6, 6.07) is 4.93. The van der Waals surface area contributed by atoms with Gasteiger partial charge in [0, 0.05) is 37.9 Å². The summed E-state index contributed by atoms with van der Waals surface area (Å²) in [7, 11) is 0. The van der Waals surface area contributed by atoms with Gasteiger partial charge in [-0.15, -0.1) is 0 Å². The third-order valence-corrected chi connectivity index (χ3v) is 7.34. The Balaban J connectivity index is 1.31. The molecule has 3 fully saturated rings. The number of piperidine rings is 2. The van der Waals surface area contributed by atoms with E-state index in [1.165, 1.54) is 70.0 Å². The van der Waals surface area contributed by atoms with Crippen LogP contribution in [0.15, 0.2) is 24.5 Å². The second-order valence-electron chi connectivity index (χ2n) is 9.11. The molecule has 27 heavy (non-hydrogen) atoms. The van der Waals surface area contributed by atoms with Gasteiger partial charge in [0.2, 0.25) is 5.91 Å². The Labute approximate surface area is 164 Å². The first-order valence-corrected chi connectivity index (χ1v) is 11.1. The predicted molar refractivity (Wildman–Crippen MR) is 108 cm³/mol. The van der Waals surface area contributed by atoms with Crippen LogP contribution in [0.2, 0.25) is 0 Å². The van der Waals surface area contributed by atoms with Crippen LogP contribution < -0.4 is 0 Å². The van der Waals surface area contributed by atoms with Gasteiger partial charge in [-0.25, -0.2) is 0 Å². The highest BCUT2D eigenvalue weighted by atomic mass is 16.2. The minimum atomic E-state index is 0.357. The first-order valence-electron chi connectivity index (χ1n) is 11.1. The van der Waals surface area contributed by atoms with Crippen molar-refractivity contribution >= 4 is 5.91 Å². The molecule has 0 unspecified atom stereocenters. The lowest BCUT2D eigenvalue weighted by Gasteiger charge is -2.49. The number of pyridine rings is 1. The molecular weight excluding hydrogens is 334 g/mol. The molecule has 0 atom stereocenters. The molecule has 2 saturated heterocycles. The second-order valence-corrected chi connectivity index (χ2v) is 9.11. The third-order valence-electron chi connectivity index (χ3n) is 7.34. The van der Waals surface area contributed by atoms with E-state index in [1.54, 1.807) is 0 Å². The number of carbonyl (C=O) groups is 1. The molecule has 2 aliphatic heterocycles. The molecule has 4 nitrogen and oxygen atoms in total. The standard InChI is InChI=1S/C23H35N3O/c27-22-9-11-23(19-26(22)15-10-20-6-5-14-24-18-20)12-16-25(17-13-23)21-7-3-1-2-4-8-21/h5-6,14,18,21H,1-4,7-13,15-17,19H2. The average molecular weight is 370 g/mol. The summed E-state index contributed by atoms with van der Waals surface area (Å²) in [6.45, 7) is 4.31. The number of likely N-dealkylation sites (tertiary alicyclic amines) is 2. The molecule has 0 radical (unpaired) electrons. The molecule has 1 amide bonds. The first kappa shape index (κ1) is 18.9. The van der Waals surface area contributed by atoms with E-state index in [9.17, 15) is 4.79 Å². The summed E-state index contributed by atoms with van der Waals surface area (Å²) in [6.07, 6.45) is 17.6. The zero-order valence-electron chi connectivity index (χ0n) is 16.7. The van der Waals surface area contributed by atoms with E-state index in [2.05, 4.69) is 20.9 Å². The van der Waals surface area contributed by atoms with Crippen molar-refractivity contribution in [1.82, 2.24) is 14.8 Å². The fourth-order valence-corrected chi connectivity index (χ4v) is 5.51. The summed E-state index contributed by atoms with van der Waals surface area (Å²) < 4.78 is 0. The number of carbonyl (C=O) groups excluding carboxylic acids is 1. The van der Waals surface area contributed by atoms with Gasteiger partial charge in [-0.2, -0.15) is 0 Å². The lowest BCUT2D eigenvalue weighted by molar-refractivity contribution is -0.139. The first-order chi connectivity index (χ1) is 13.2. The van der Waals surface area contributed by atoms with Gasteiger partial charge in [-0.05, 0) is 68.7 Å². The van der Waals surface area contributed by atoms with Gasteiger partial charge in [0.05, 0.1) is 0 Å². The van der Waals surface area contributed by atoms with E-state index < -0.39 is 0 Å². The van der Waals surface area contributed by atoms with Gasteiger partial charge in [0.25, 0.3) is 0 Å². The Bertz CT molecular complexity index is 601. The molecule has 148 valence electrons. The molecule has 3 aliphatic rings. The zero-order chi connectivity index (χ0) is 18.5. The quantitative estimate of drug-likeness (QED) is 0.751. The monoisotopic (exact) mass is 369 g/mol. The highest BCUT2D eigenvalue weighted by Gasteiger charge is 2.41. The Hall–Kier alpha value is -1.42. The van der Waals surface area contributed by atoms with Crippen molar-refractivity contribution < 1.29 is 4.79 Å². The van der Waals surface area contributed by atoms with Gasteiger partial charge in [0.1, 0.15) is 0 Å². The van der Waals surface area contributed by atoms with Crippen molar-refractivity contribution in [3.63, 3.8) is 0 Å². The highest BCUT2D eigenvalue weighted by molar-refractivity contribution is 5.77. The summed E-state index contributed by atoms with van der Waals surface area (Å²) in [4.78, 5) is 21.6. The number of aromatic nitrogens is 1. The lowest BCUT2D eigenvalue weighted by Crippen LogP contribution is -2.53. The number of hydrogen-bond donors (Lipinski definition) is 0. The van der Waals surface area contributed by atoms with Gasteiger partial charge >= 0.3 is 0 Å². The number of nitrogens with zero attached hydrogens (tertiary/aromatic N) is 3. The van der Waals surface area contributed by atoms with Crippen molar-refractivity contribution in [2.75, 3.05) is 26.2 Å². The molecule has 0 aromatic carbocycles. The fourth-order valence-electron chi connectivity index (χ4n) is 5.51. The maximum Gasteiger partial charge on any atom is 0.222 e. The van der Waals surface area contributed by atoms with Crippen LogP contribution in [-0.2, 0) is 11.2 Å². The second kappa shape index (κ2) is 8.72. The fraction of sp³-hybridized carbons (Fsp3) is 0.739. The molecule has 1 spiro atoms. The van der Waals surface area contributed by atoms with Crippen LogP contribution in [0.25, 0.3) is 0 Å². The molecule has 1 saturated carbocycles. The normalized spacial score (nSPS) is 24.9. The van der Waals surface area contributed by atoms with Crippen LogP contribution in [0.5, 0.6) is 0 Å². The molecular formula is C23H35N3O. The maximum atomic E-state index is 12.5. The molecule has 4 heteroatoms. The van der Waals surface area contributed by atoms with Crippen molar-refractivity contribution in [3.8, 4) is 0 Å². The molecule has 1 aromatic rings. The van der Waals surface area contributed by atoms with Crippen LogP contribution in [0.4, 0.5) is 0 Å². The van der Waals surface area contributed by atoms with E-state index in [0.717, 1.165) is 38.4 Å². The Morgan fingerprint density at radius 1 is 1.07 bits per heavy atom. The van der Waals surface area contributed by atoms with Crippen LogP contribution >= 0.6 is 0 Å². The highest BCUT2D eigenvalue weighted by Crippen LogP contribution is 2.41. The van der Waals surface area contributed by atoms with Crippen molar-refractivity contribution in [1.29, 1.82) is 0 Å². The Morgan fingerprint density at radius 2 is 1.85 bits per heavy atom. The van der Waals surface area contributed by atoms with Crippen LogP contribution in [0.3, 0.4) is 0 Å². The van der Waals surface area contributed by atoms with Gasteiger partial charge in [-0.3, -0.25) is 9.78 Å². The summed E-state index contributed by atoms with van der Waals surface area (Å²) in [5, 5.41) is 0.